The summed E-state index contributed by atoms with van der Waals surface area (Å²) in [4.78, 5) is 22.9. The van der Waals surface area contributed by atoms with Crippen molar-refractivity contribution in [2.45, 2.75) is 45.6 Å². The van der Waals surface area contributed by atoms with Gasteiger partial charge in [-0.3, -0.25) is 14.7 Å². The predicted molar refractivity (Wildman–Crippen MR) is 150 cm³/mol. The van der Waals surface area contributed by atoms with Crippen LogP contribution in [-0.2, 0) is 25.8 Å². The third-order valence-electron chi connectivity index (χ3n) is 8.17. The van der Waals surface area contributed by atoms with E-state index in [9.17, 15) is 4.79 Å². The number of aromatic nitrogens is 3. The highest BCUT2D eigenvalue weighted by atomic mass is 16.1. The normalized spacial score (nSPS) is 16.0. The maximum atomic E-state index is 13.6. The molecule has 0 saturated carbocycles. The Morgan fingerprint density at radius 3 is 2.45 bits per heavy atom. The van der Waals surface area contributed by atoms with E-state index in [4.69, 9.17) is 5.10 Å². The predicted octanol–water partition coefficient (Wildman–Crippen LogP) is 4.00. The van der Waals surface area contributed by atoms with Gasteiger partial charge in [0.15, 0.2) is 0 Å². The monoisotopic (exact) mass is 508 g/mol. The molecule has 7 heteroatoms. The Bertz CT molecular complexity index is 1370. The van der Waals surface area contributed by atoms with E-state index < -0.39 is 0 Å². The standard InChI is InChI=1S/C31H36N6O/c1-23-9-5-6-12-25(23)21-32-31(38)28-26-13-7-8-14-27(26)30-29(28)33-22-34-37(30)36-19-17-35(18-20-36)16-15-24-10-3-2-4-11-24/h2-6,9-12,22H,7-8,13-21H2,1H3,(H,32,38). The van der Waals surface area contributed by atoms with Gasteiger partial charge in [0.1, 0.15) is 17.7 Å². The van der Waals surface area contributed by atoms with Crippen LogP contribution in [0.25, 0.3) is 11.4 Å². The molecule has 0 radical (unpaired) electrons. The van der Waals surface area contributed by atoms with Gasteiger partial charge in [-0.25, -0.2) is 4.98 Å². The Morgan fingerprint density at radius 2 is 1.66 bits per heavy atom. The molecule has 2 aromatic carbocycles. The number of nitrogens with one attached hydrogen (secondary N) is 1. The number of amides is 1. The summed E-state index contributed by atoms with van der Waals surface area (Å²) in [6.45, 7) is 7.47. The number of hydrogen-bond acceptors (Lipinski definition) is 5. The van der Waals surface area contributed by atoms with E-state index in [1.807, 2.05) is 12.1 Å². The molecule has 6 rings (SSSR count). The first-order chi connectivity index (χ1) is 18.7. The lowest BCUT2D eigenvalue weighted by molar-refractivity contribution is 0.0950. The molecule has 4 aliphatic rings. The molecule has 1 N–H and O–H groups in total. The fourth-order valence-corrected chi connectivity index (χ4v) is 5.99. The van der Waals surface area contributed by atoms with E-state index >= 15 is 0 Å². The smallest absolute Gasteiger partial charge is 0.254 e. The number of aryl methyl sites for hydroxylation is 1. The van der Waals surface area contributed by atoms with Gasteiger partial charge in [-0.2, -0.15) is 4.79 Å². The Labute approximate surface area is 224 Å². The molecule has 2 aliphatic carbocycles. The molecule has 2 aliphatic heterocycles. The van der Waals surface area contributed by atoms with Crippen molar-refractivity contribution in [3.63, 3.8) is 0 Å². The zero-order valence-corrected chi connectivity index (χ0v) is 22.2. The first kappa shape index (κ1) is 24.6. The molecular weight excluding hydrogens is 472 g/mol. The van der Waals surface area contributed by atoms with Crippen LogP contribution in [0.15, 0.2) is 60.9 Å². The van der Waals surface area contributed by atoms with E-state index in [-0.39, 0.29) is 5.91 Å². The summed E-state index contributed by atoms with van der Waals surface area (Å²) < 4.78 is 0. The van der Waals surface area contributed by atoms with E-state index in [0.717, 1.165) is 87.3 Å². The second-order valence-electron chi connectivity index (χ2n) is 10.5. The van der Waals surface area contributed by atoms with Gasteiger partial charge in [-0.1, -0.05) is 54.6 Å². The largest absolute Gasteiger partial charge is 0.348 e. The van der Waals surface area contributed by atoms with E-state index in [0.29, 0.717) is 6.54 Å². The summed E-state index contributed by atoms with van der Waals surface area (Å²) >= 11 is 0. The zero-order valence-electron chi connectivity index (χ0n) is 22.2. The quantitative estimate of drug-likeness (QED) is 0.409. The SMILES string of the molecule is Cc1ccccc1CNC(=O)c1c2ncnn(N3CCN(CCc4ccccc4)CC3)c-2c2c1CCCC2. The summed E-state index contributed by atoms with van der Waals surface area (Å²) in [6, 6.07) is 18.9. The van der Waals surface area contributed by atoms with Crippen LogP contribution in [0.1, 0.15) is 51.0 Å². The third kappa shape index (κ3) is 4.90. The van der Waals surface area contributed by atoms with Crippen LogP contribution < -0.4 is 10.3 Å². The van der Waals surface area contributed by atoms with Gasteiger partial charge in [0.05, 0.1) is 5.56 Å². The summed E-state index contributed by atoms with van der Waals surface area (Å²) in [5.74, 6) is -0.0302. The molecule has 0 spiro atoms. The topological polar surface area (TPSA) is 66.3 Å². The van der Waals surface area contributed by atoms with Crippen LogP contribution in [0.2, 0.25) is 0 Å². The molecule has 0 atom stereocenters. The molecule has 38 heavy (non-hydrogen) atoms. The number of benzene rings is 2. The number of nitrogens with zero attached hydrogens (tertiary/aromatic N) is 5. The first-order valence-electron chi connectivity index (χ1n) is 13.9. The number of carbonyl (C=O) groups excluding carboxylic acids is 1. The van der Waals surface area contributed by atoms with Crippen LogP contribution >= 0.6 is 0 Å². The Hall–Kier alpha value is -3.71. The van der Waals surface area contributed by atoms with Crippen molar-refractivity contribution in [3.8, 4) is 11.4 Å². The minimum Gasteiger partial charge on any atom is -0.348 e. The average molecular weight is 509 g/mol. The average Bonchev–Trinajstić information content (AvgIpc) is 3.31. The molecular formula is C31H36N6O. The summed E-state index contributed by atoms with van der Waals surface area (Å²) in [7, 11) is 0. The second-order valence-corrected chi connectivity index (χ2v) is 10.5. The minimum atomic E-state index is -0.0302. The second kappa shape index (κ2) is 11.0. The van der Waals surface area contributed by atoms with Gasteiger partial charge >= 0.3 is 0 Å². The third-order valence-corrected chi connectivity index (χ3v) is 8.17. The molecule has 1 saturated heterocycles. The summed E-state index contributed by atoms with van der Waals surface area (Å²) in [5, 5.41) is 10.2. The van der Waals surface area contributed by atoms with Crippen molar-refractivity contribution < 1.29 is 4.79 Å². The highest BCUT2D eigenvalue weighted by Crippen LogP contribution is 2.39. The molecule has 7 nitrogen and oxygen atoms in total. The number of fused-ring (bicyclic) bond motifs is 3. The number of carbonyl (C=O) groups is 1. The van der Waals surface area contributed by atoms with E-state index in [1.54, 1.807) is 6.33 Å². The molecule has 0 unspecified atom stereocenters. The summed E-state index contributed by atoms with van der Waals surface area (Å²) in [5.41, 5.74) is 8.72. The Kier molecular flexibility index (Phi) is 7.10. The van der Waals surface area contributed by atoms with Gasteiger partial charge in [0.25, 0.3) is 5.91 Å². The minimum absolute atomic E-state index is 0.0302. The lowest BCUT2D eigenvalue weighted by Crippen LogP contribution is -2.52. The van der Waals surface area contributed by atoms with Crippen LogP contribution in [0.4, 0.5) is 0 Å². The van der Waals surface area contributed by atoms with Crippen molar-refractivity contribution in [3.05, 3.63) is 94.3 Å². The highest BCUT2D eigenvalue weighted by molar-refractivity contribution is 6.03. The van der Waals surface area contributed by atoms with Crippen molar-refractivity contribution >= 4 is 5.91 Å². The van der Waals surface area contributed by atoms with Crippen molar-refractivity contribution in [1.29, 1.82) is 0 Å². The first-order valence-corrected chi connectivity index (χ1v) is 13.9. The van der Waals surface area contributed by atoms with Crippen LogP contribution in [-0.4, -0.2) is 58.4 Å². The molecule has 0 aromatic heterocycles. The number of rotatable bonds is 7. The van der Waals surface area contributed by atoms with Gasteiger partial charge in [0, 0.05) is 39.3 Å². The Balaban J connectivity index is 1.20. The maximum absolute atomic E-state index is 13.6. The zero-order chi connectivity index (χ0) is 25.9. The summed E-state index contributed by atoms with van der Waals surface area (Å²) in [6.07, 6.45) is 6.83. The number of hydrogen-bond donors (Lipinski definition) is 1. The fourth-order valence-electron chi connectivity index (χ4n) is 5.99. The van der Waals surface area contributed by atoms with Crippen LogP contribution in [0.3, 0.4) is 0 Å². The van der Waals surface area contributed by atoms with E-state index in [1.165, 1.54) is 22.3 Å². The molecule has 2 aromatic rings. The molecule has 1 amide bonds. The van der Waals surface area contributed by atoms with Crippen LogP contribution in [0.5, 0.6) is 0 Å². The van der Waals surface area contributed by atoms with E-state index in [2.05, 4.69) is 74.4 Å². The molecule has 2 heterocycles. The van der Waals surface area contributed by atoms with Crippen LogP contribution in [0, 0.1) is 6.92 Å². The Morgan fingerprint density at radius 1 is 0.921 bits per heavy atom. The molecule has 0 bridgehead atoms. The molecule has 196 valence electrons. The van der Waals surface area contributed by atoms with Gasteiger partial charge in [-0.15, -0.1) is 5.10 Å². The highest BCUT2D eigenvalue weighted by Gasteiger charge is 2.34. The molecule has 1 fully saturated rings. The lowest BCUT2D eigenvalue weighted by atomic mass is 9.93. The number of piperazine rings is 1. The van der Waals surface area contributed by atoms with Gasteiger partial charge in [-0.05, 0) is 66.8 Å². The van der Waals surface area contributed by atoms with Gasteiger partial charge < -0.3 is 5.32 Å². The van der Waals surface area contributed by atoms with Gasteiger partial charge in [0.2, 0.25) is 0 Å². The van der Waals surface area contributed by atoms with Crippen molar-refractivity contribution in [2.75, 3.05) is 37.7 Å². The van der Waals surface area contributed by atoms with Crippen molar-refractivity contribution in [1.82, 2.24) is 25.1 Å². The lowest BCUT2D eigenvalue weighted by Gasteiger charge is -2.37. The fraction of sp³-hybridized carbons (Fsp3) is 0.387. The van der Waals surface area contributed by atoms with Crippen molar-refractivity contribution in [2.24, 2.45) is 0 Å². The maximum Gasteiger partial charge on any atom is 0.254 e.